The van der Waals surface area contributed by atoms with Crippen molar-refractivity contribution in [3.63, 3.8) is 0 Å². The third-order valence-corrected chi connectivity index (χ3v) is 11.6. The number of fused-ring (bicyclic) bond motifs is 9. The van der Waals surface area contributed by atoms with Gasteiger partial charge < -0.3 is 18.3 Å². The van der Waals surface area contributed by atoms with Crippen LogP contribution in [0, 0.1) is 0 Å². The van der Waals surface area contributed by atoms with Gasteiger partial charge in [0.2, 0.25) is 0 Å². The molecule has 12 aromatic rings. The number of aromatic nitrogens is 1. The van der Waals surface area contributed by atoms with Gasteiger partial charge in [-0.15, -0.1) is 0 Å². The maximum atomic E-state index is 6.66. The van der Waals surface area contributed by atoms with Gasteiger partial charge in [0.15, 0.2) is 0 Å². The Hall–Kier alpha value is -7.82. The Bertz CT molecular complexity index is 3350. The minimum atomic E-state index is 0.875. The van der Waals surface area contributed by atoms with Crippen LogP contribution in [-0.4, -0.2) is 4.57 Å². The number of hydrogen-bond donors (Lipinski definition) is 0. The van der Waals surface area contributed by atoms with E-state index >= 15 is 0 Å². The SMILES string of the molecule is c1ccc(N(c2ccccc2)c2cccc3c2c2ccccc2n3-c2cc(-c3cccc4c3oc3ccccc34)cc(-c3cccc4c3oc3ccccc34)c2)cc1. The van der Waals surface area contributed by atoms with Gasteiger partial charge in [-0.1, -0.05) is 133 Å². The van der Waals surface area contributed by atoms with Crippen LogP contribution in [0.5, 0.6) is 0 Å². The second-order valence-corrected chi connectivity index (χ2v) is 14.9. The number of anilines is 3. The van der Waals surface area contributed by atoms with E-state index in [9.17, 15) is 0 Å². The first-order chi connectivity index (χ1) is 28.8. The highest BCUT2D eigenvalue weighted by Gasteiger charge is 2.23. The fraction of sp³-hybridized carbons (Fsp3) is 0. The second kappa shape index (κ2) is 12.9. The van der Waals surface area contributed by atoms with E-state index in [2.05, 4.69) is 191 Å². The van der Waals surface area contributed by atoms with Crippen molar-refractivity contribution in [2.45, 2.75) is 0 Å². The van der Waals surface area contributed by atoms with Crippen LogP contribution in [0.25, 0.3) is 93.6 Å². The van der Waals surface area contributed by atoms with E-state index in [1.54, 1.807) is 0 Å². The van der Waals surface area contributed by atoms with E-state index in [4.69, 9.17) is 8.83 Å². The van der Waals surface area contributed by atoms with Crippen molar-refractivity contribution in [2.24, 2.45) is 0 Å². The molecule has 0 spiro atoms. The number of furan rings is 2. The van der Waals surface area contributed by atoms with E-state index in [0.29, 0.717) is 0 Å². The Kier molecular flexibility index (Phi) is 7.20. The molecule has 0 amide bonds. The molecule has 3 aromatic heterocycles. The van der Waals surface area contributed by atoms with Crippen molar-refractivity contribution < 1.29 is 8.83 Å². The normalized spacial score (nSPS) is 11.8. The fourth-order valence-corrected chi connectivity index (χ4v) is 9.05. The summed E-state index contributed by atoms with van der Waals surface area (Å²) in [5.41, 5.74) is 14.3. The van der Waals surface area contributed by atoms with Gasteiger partial charge >= 0.3 is 0 Å². The predicted octanol–water partition coefficient (Wildman–Crippen LogP) is 15.4. The predicted molar refractivity (Wildman–Crippen MR) is 241 cm³/mol. The minimum Gasteiger partial charge on any atom is -0.455 e. The van der Waals surface area contributed by atoms with Gasteiger partial charge in [0, 0.05) is 60.5 Å². The molecular weight excluding hydrogens is 709 g/mol. The number of hydrogen-bond acceptors (Lipinski definition) is 3. The molecule has 0 unspecified atom stereocenters. The summed E-state index contributed by atoms with van der Waals surface area (Å²) in [5.74, 6) is 0. The molecule has 0 aliphatic heterocycles. The van der Waals surface area contributed by atoms with Gasteiger partial charge in [-0.2, -0.15) is 0 Å². The molecule has 0 atom stereocenters. The van der Waals surface area contributed by atoms with Crippen LogP contribution in [0.1, 0.15) is 0 Å². The molecule has 0 aliphatic rings. The summed E-state index contributed by atoms with van der Waals surface area (Å²) < 4.78 is 15.7. The Morgan fingerprint density at radius 1 is 0.362 bits per heavy atom. The number of para-hydroxylation sites is 7. The zero-order valence-corrected chi connectivity index (χ0v) is 31.3. The number of nitrogens with zero attached hydrogens (tertiary/aromatic N) is 2. The van der Waals surface area contributed by atoms with Crippen molar-refractivity contribution in [1.29, 1.82) is 0 Å². The second-order valence-electron chi connectivity index (χ2n) is 14.9. The van der Waals surface area contributed by atoms with E-state index in [-0.39, 0.29) is 0 Å². The van der Waals surface area contributed by atoms with E-state index in [1.807, 2.05) is 24.3 Å². The molecule has 272 valence electrons. The summed E-state index contributed by atoms with van der Waals surface area (Å²) in [6, 6.07) is 73.2. The third-order valence-electron chi connectivity index (χ3n) is 11.6. The lowest BCUT2D eigenvalue weighted by Crippen LogP contribution is -2.10. The number of rotatable bonds is 6. The summed E-state index contributed by atoms with van der Waals surface area (Å²) in [5, 5.41) is 6.77. The molecule has 0 bridgehead atoms. The van der Waals surface area contributed by atoms with Crippen LogP contribution < -0.4 is 4.90 Å². The first-order valence-electron chi connectivity index (χ1n) is 19.7. The Labute approximate surface area is 334 Å². The van der Waals surface area contributed by atoms with Crippen molar-refractivity contribution in [3.8, 4) is 27.9 Å². The lowest BCUT2D eigenvalue weighted by atomic mass is 9.95. The van der Waals surface area contributed by atoms with Crippen LogP contribution in [0.15, 0.2) is 215 Å². The van der Waals surface area contributed by atoms with E-state index in [1.165, 1.54) is 10.8 Å². The fourth-order valence-electron chi connectivity index (χ4n) is 9.05. The molecule has 58 heavy (non-hydrogen) atoms. The summed E-state index contributed by atoms with van der Waals surface area (Å²) in [4.78, 5) is 2.37. The average molecular weight is 743 g/mol. The Balaban J connectivity index is 1.17. The highest BCUT2D eigenvalue weighted by atomic mass is 16.3. The average Bonchev–Trinajstić information content (AvgIpc) is 3.97. The lowest BCUT2D eigenvalue weighted by molar-refractivity contribution is 0.670. The van der Waals surface area contributed by atoms with Crippen LogP contribution in [0.4, 0.5) is 17.1 Å². The highest BCUT2D eigenvalue weighted by Crippen LogP contribution is 2.46. The first-order valence-corrected chi connectivity index (χ1v) is 19.7. The quantitative estimate of drug-likeness (QED) is 0.170. The monoisotopic (exact) mass is 742 g/mol. The summed E-state index contributed by atoms with van der Waals surface area (Å²) in [6.45, 7) is 0. The summed E-state index contributed by atoms with van der Waals surface area (Å²) in [7, 11) is 0. The molecule has 12 rings (SSSR count). The molecule has 0 N–H and O–H groups in total. The van der Waals surface area contributed by atoms with E-state index in [0.717, 1.165) is 99.9 Å². The topological polar surface area (TPSA) is 34.5 Å². The Morgan fingerprint density at radius 3 is 1.41 bits per heavy atom. The van der Waals surface area contributed by atoms with Crippen molar-refractivity contribution in [3.05, 3.63) is 206 Å². The maximum Gasteiger partial charge on any atom is 0.143 e. The Morgan fingerprint density at radius 2 is 0.828 bits per heavy atom. The van der Waals surface area contributed by atoms with Crippen molar-refractivity contribution >= 4 is 82.7 Å². The van der Waals surface area contributed by atoms with Crippen LogP contribution >= 0.6 is 0 Å². The first kappa shape index (κ1) is 32.4. The lowest BCUT2D eigenvalue weighted by Gasteiger charge is -2.26. The third kappa shape index (κ3) is 4.95. The van der Waals surface area contributed by atoms with E-state index < -0.39 is 0 Å². The van der Waals surface area contributed by atoms with Crippen molar-refractivity contribution in [2.75, 3.05) is 4.90 Å². The molecule has 0 saturated carbocycles. The van der Waals surface area contributed by atoms with Gasteiger partial charge in [0.05, 0.1) is 16.7 Å². The molecule has 9 aromatic carbocycles. The maximum absolute atomic E-state index is 6.66. The highest BCUT2D eigenvalue weighted by molar-refractivity contribution is 6.17. The standard InChI is InChI=1S/C54H34N2O2/c1-3-16-37(17-4-1)55(38-18-5-2-6-19-38)48-28-15-29-49-52(48)46-22-7-10-27-47(46)56(49)39-33-35(40-23-13-25-44-42-20-8-11-30-50(42)57-53(40)44)32-36(34-39)41-24-14-26-45-43-21-9-12-31-51(43)58-54(41)45/h1-34H. The summed E-state index contributed by atoms with van der Waals surface area (Å²) >= 11 is 0. The minimum absolute atomic E-state index is 0.875. The van der Waals surface area contributed by atoms with Gasteiger partial charge in [0.25, 0.3) is 0 Å². The summed E-state index contributed by atoms with van der Waals surface area (Å²) in [6.07, 6.45) is 0. The van der Waals surface area contributed by atoms with Gasteiger partial charge in [-0.05, 0) is 83.9 Å². The van der Waals surface area contributed by atoms with Crippen LogP contribution in [0.2, 0.25) is 0 Å². The molecular formula is C54H34N2O2. The zero-order valence-electron chi connectivity index (χ0n) is 31.3. The van der Waals surface area contributed by atoms with Crippen LogP contribution in [-0.2, 0) is 0 Å². The van der Waals surface area contributed by atoms with Crippen molar-refractivity contribution in [1.82, 2.24) is 4.57 Å². The molecule has 0 radical (unpaired) electrons. The molecule has 4 heteroatoms. The molecule has 0 aliphatic carbocycles. The van der Waals surface area contributed by atoms with Crippen LogP contribution in [0.3, 0.4) is 0 Å². The van der Waals surface area contributed by atoms with Gasteiger partial charge in [0.1, 0.15) is 22.3 Å². The zero-order chi connectivity index (χ0) is 38.2. The smallest absolute Gasteiger partial charge is 0.143 e. The van der Waals surface area contributed by atoms with Gasteiger partial charge in [-0.3, -0.25) is 0 Å². The molecule has 4 nitrogen and oxygen atoms in total. The number of benzene rings is 9. The molecule has 3 heterocycles. The largest absolute Gasteiger partial charge is 0.455 e. The van der Waals surface area contributed by atoms with Gasteiger partial charge in [-0.25, -0.2) is 0 Å². The molecule has 0 saturated heterocycles. The molecule has 0 fully saturated rings.